The summed E-state index contributed by atoms with van der Waals surface area (Å²) in [5.74, 6) is 0.638. The molecule has 1 amide bonds. The molecule has 2 heterocycles. The highest BCUT2D eigenvalue weighted by Gasteiger charge is 2.36. The Labute approximate surface area is 148 Å². The van der Waals surface area contributed by atoms with E-state index in [9.17, 15) is 4.79 Å². The fourth-order valence-electron chi connectivity index (χ4n) is 3.19. The van der Waals surface area contributed by atoms with Crippen LogP contribution < -0.4 is 4.74 Å². The van der Waals surface area contributed by atoms with Crippen LogP contribution in [0.15, 0.2) is 30.3 Å². The van der Waals surface area contributed by atoms with Gasteiger partial charge in [-0.1, -0.05) is 18.2 Å². The van der Waals surface area contributed by atoms with Crippen molar-refractivity contribution in [2.45, 2.75) is 58.8 Å². The van der Waals surface area contributed by atoms with E-state index in [0.717, 1.165) is 22.9 Å². The number of aromatic nitrogens is 1. The van der Waals surface area contributed by atoms with Crippen LogP contribution in [0.1, 0.15) is 39.8 Å². The number of benzene rings is 1. The molecule has 1 aliphatic heterocycles. The summed E-state index contributed by atoms with van der Waals surface area (Å²) in [4.78, 5) is 18.7. The maximum atomic E-state index is 12.4. The summed E-state index contributed by atoms with van der Waals surface area (Å²) in [5, 5.41) is 2.11. The smallest absolute Gasteiger partial charge is 0.410 e. The van der Waals surface area contributed by atoms with E-state index in [1.165, 1.54) is 0 Å². The van der Waals surface area contributed by atoms with Crippen LogP contribution in [0.5, 0.6) is 5.88 Å². The minimum atomic E-state index is -0.496. The molecule has 5 heteroatoms. The molecule has 0 bridgehead atoms. The Hall–Kier alpha value is -2.30. The number of likely N-dealkylation sites (tertiary alicyclic amines) is 1. The second kappa shape index (κ2) is 6.54. The van der Waals surface area contributed by atoms with Crippen molar-refractivity contribution in [2.24, 2.45) is 0 Å². The van der Waals surface area contributed by atoms with Gasteiger partial charge in [-0.25, -0.2) is 9.78 Å². The summed E-state index contributed by atoms with van der Waals surface area (Å²) >= 11 is 0. The van der Waals surface area contributed by atoms with Crippen LogP contribution in [0.25, 0.3) is 10.8 Å². The lowest BCUT2D eigenvalue weighted by Crippen LogP contribution is -2.39. The van der Waals surface area contributed by atoms with Crippen LogP contribution in [0.3, 0.4) is 0 Å². The fourth-order valence-corrected chi connectivity index (χ4v) is 3.19. The number of hydrogen-bond donors (Lipinski definition) is 0. The molecule has 134 valence electrons. The molecule has 1 aliphatic rings. The molecule has 0 spiro atoms. The molecular weight excluding hydrogens is 316 g/mol. The normalized spacial score (nSPS) is 20.8. The first kappa shape index (κ1) is 17.5. The molecule has 0 unspecified atom stereocenters. The zero-order valence-corrected chi connectivity index (χ0v) is 15.6. The molecule has 2 aromatic rings. The molecule has 0 radical (unpaired) electrons. The van der Waals surface area contributed by atoms with E-state index >= 15 is 0 Å². The summed E-state index contributed by atoms with van der Waals surface area (Å²) in [7, 11) is 0. The molecule has 0 N–H and O–H groups in total. The minimum Gasteiger partial charge on any atom is -0.472 e. The van der Waals surface area contributed by atoms with Gasteiger partial charge < -0.3 is 14.4 Å². The summed E-state index contributed by atoms with van der Waals surface area (Å²) in [6.07, 6.45) is 0.400. The van der Waals surface area contributed by atoms with Gasteiger partial charge in [0, 0.05) is 23.5 Å². The van der Waals surface area contributed by atoms with E-state index in [4.69, 9.17) is 9.47 Å². The third-order valence-corrected chi connectivity index (χ3v) is 4.28. The minimum absolute atomic E-state index is 0.0796. The number of pyridine rings is 1. The van der Waals surface area contributed by atoms with Crippen LogP contribution in [0.4, 0.5) is 4.79 Å². The standard InChI is InChI=1S/C20H26N2O3/c1-13-10-15-8-6-7-9-17(15)18(21-13)24-16-11-14(2)22(12-16)19(23)25-20(3,4)5/h6-10,14,16H,11-12H2,1-5H3/t14-,16+/m0/s1. The molecule has 25 heavy (non-hydrogen) atoms. The quantitative estimate of drug-likeness (QED) is 0.815. The van der Waals surface area contributed by atoms with Crippen LogP contribution in [-0.4, -0.2) is 40.3 Å². The number of fused-ring (bicyclic) bond motifs is 1. The van der Waals surface area contributed by atoms with Gasteiger partial charge in [0.05, 0.1) is 6.54 Å². The number of rotatable bonds is 2. The highest BCUT2D eigenvalue weighted by molar-refractivity contribution is 5.87. The fraction of sp³-hybridized carbons (Fsp3) is 0.500. The average Bonchev–Trinajstić information content (AvgIpc) is 2.86. The zero-order chi connectivity index (χ0) is 18.2. The molecule has 3 rings (SSSR count). The lowest BCUT2D eigenvalue weighted by molar-refractivity contribution is 0.0224. The second-order valence-corrected chi connectivity index (χ2v) is 7.75. The van der Waals surface area contributed by atoms with Crippen LogP contribution in [0, 0.1) is 6.92 Å². The van der Waals surface area contributed by atoms with Gasteiger partial charge in [-0.15, -0.1) is 0 Å². The largest absolute Gasteiger partial charge is 0.472 e. The first-order valence-electron chi connectivity index (χ1n) is 8.75. The Balaban J connectivity index is 1.76. The number of aryl methyl sites for hydroxylation is 1. The molecule has 1 aromatic carbocycles. The van der Waals surface area contributed by atoms with Gasteiger partial charge >= 0.3 is 6.09 Å². The molecule has 2 atom stereocenters. The van der Waals surface area contributed by atoms with Gasteiger partial charge in [0.2, 0.25) is 5.88 Å². The topological polar surface area (TPSA) is 51.7 Å². The van der Waals surface area contributed by atoms with Crippen LogP contribution >= 0.6 is 0 Å². The van der Waals surface area contributed by atoms with Crippen molar-refractivity contribution in [3.8, 4) is 5.88 Å². The van der Waals surface area contributed by atoms with Gasteiger partial charge in [-0.3, -0.25) is 0 Å². The first-order valence-corrected chi connectivity index (χ1v) is 8.75. The van der Waals surface area contributed by atoms with Crippen molar-refractivity contribution < 1.29 is 14.3 Å². The second-order valence-electron chi connectivity index (χ2n) is 7.75. The molecule has 0 saturated carbocycles. The van der Waals surface area contributed by atoms with Crippen molar-refractivity contribution in [3.05, 3.63) is 36.0 Å². The van der Waals surface area contributed by atoms with Gasteiger partial charge in [-0.05, 0) is 52.1 Å². The number of hydrogen-bond acceptors (Lipinski definition) is 4. The van der Waals surface area contributed by atoms with Crippen molar-refractivity contribution in [1.29, 1.82) is 0 Å². The summed E-state index contributed by atoms with van der Waals surface area (Å²) in [6.45, 7) is 10.1. The van der Waals surface area contributed by atoms with E-state index < -0.39 is 5.60 Å². The van der Waals surface area contributed by atoms with Gasteiger partial charge in [-0.2, -0.15) is 0 Å². The lowest BCUT2D eigenvalue weighted by atomic mass is 10.1. The van der Waals surface area contributed by atoms with E-state index in [2.05, 4.69) is 11.1 Å². The SMILES string of the molecule is Cc1cc2ccccc2c(O[C@@H]2C[C@H](C)N(C(=O)OC(C)(C)C)C2)n1. The Morgan fingerprint density at radius 1 is 1.28 bits per heavy atom. The average molecular weight is 342 g/mol. The van der Waals surface area contributed by atoms with Gasteiger partial charge in [0.15, 0.2) is 0 Å². The van der Waals surface area contributed by atoms with Crippen LogP contribution in [-0.2, 0) is 4.74 Å². The molecule has 1 aromatic heterocycles. The van der Waals surface area contributed by atoms with Gasteiger partial charge in [0.25, 0.3) is 0 Å². The molecule has 1 saturated heterocycles. The molecule has 1 fully saturated rings. The van der Waals surface area contributed by atoms with E-state index in [1.54, 1.807) is 4.90 Å². The number of amides is 1. The zero-order valence-electron chi connectivity index (χ0n) is 15.6. The van der Waals surface area contributed by atoms with E-state index in [1.807, 2.05) is 58.9 Å². The van der Waals surface area contributed by atoms with Gasteiger partial charge in [0.1, 0.15) is 11.7 Å². The van der Waals surface area contributed by atoms with E-state index in [-0.39, 0.29) is 18.2 Å². The highest BCUT2D eigenvalue weighted by atomic mass is 16.6. The number of ether oxygens (including phenoxy) is 2. The number of nitrogens with zero attached hydrogens (tertiary/aromatic N) is 2. The van der Waals surface area contributed by atoms with Crippen molar-refractivity contribution >= 4 is 16.9 Å². The Bertz CT molecular complexity index is 782. The lowest BCUT2D eigenvalue weighted by Gasteiger charge is -2.26. The summed E-state index contributed by atoms with van der Waals surface area (Å²) in [5.41, 5.74) is 0.424. The Kier molecular flexibility index (Phi) is 4.58. The molecule has 0 aliphatic carbocycles. The predicted octanol–water partition coefficient (Wildman–Crippen LogP) is 4.32. The van der Waals surface area contributed by atoms with Crippen LogP contribution in [0.2, 0.25) is 0 Å². The van der Waals surface area contributed by atoms with Crippen molar-refractivity contribution in [1.82, 2.24) is 9.88 Å². The maximum absolute atomic E-state index is 12.4. The number of carbonyl (C=O) groups is 1. The van der Waals surface area contributed by atoms with Crippen molar-refractivity contribution in [3.63, 3.8) is 0 Å². The number of carbonyl (C=O) groups excluding carboxylic acids is 1. The molecular formula is C20H26N2O3. The first-order chi connectivity index (χ1) is 11.7. The Morgan fingerprint density at radius 3 is 2.72 bits per heavy atom. The predicted molar refractivity (Wildman–Crippen MR) is 97.9 cm³/mol. The summed E-state index contributed by atoms with van der Waals surface area (Å²) < 4.78 is 11.7. The maximum Gasteiger partial charge on any atom is 0.410 e. The summed E-state index contributed by atoms with van der Waals surface area (Å²) in [6, 6.07) is 10.2. The highest BCUT2D eigenvalue weighted by Crippen LogP contribution is 2.29. The van der Waals surface area contributed by atoms with E-state index in [0.29, 0.717) is 12.4 Å². The Morgan fingerprint density at radius 2 is 2.00 bits per heavy atom. The molecule has 5 nitrogen and oxygen atoms in total. The third kappa shape index (κ3) is 4.03. The van der Waals surface area contributed by atoms with Crippen molar-refractivity contribution in [2.75, 3.05) is 6.54 Å². The third-order valence-electron chi connectivity index (χ3n) is 4.28. The monoisotopic (exact) mass is 342 g/mol.